The second kappa shape index (κ2) is 4.08. The molecule has 1 amide bonds. The van der Waals surface area contributed by atoms with E-state index in [1.54, 1.807) is 4.90 Å². The first-order chi connectivity index (χ1) is 6.20. The molecule has 0 saturated carbocycles. The van der Waals surface area contributed by atoms with Gasteiger partial charge < -0.3 is 4.90 Å². The maximum atomic E-state index is 11.6. The molecule has 0 fully saturated rings. The van der Waals surface area contributed by atoms with E-state index in [1.807, 2.05) is 45.2 Å². The molecule has 1 rings (SSSR count). The second-order valence-corrected chi connectivity index (χ2v) is 3.10. The number of rotatable bonds is 2. The van der Waals surface area contributed by atoms with Crippen molar-refractivity contribution in [3.63, 3.8) is 0 Å². The molecule has 0 spiro atoms. The van der Waals surface area contributed by atoms with Crippen molar-refractivity contribution in [1.82, 2.24) is 4.90 Å². The van der Waals surface area contributed by atoms with Crippen LogP contribution in [0.15, 0.2) is 35.5 Å². The highest BCUT2D eigenvalue weighted by molar-refractivity contribution is 6.00. The molecule has 0 bridgehead atoms. The summed E-state index contributed by atoms with van der Waals surface area (Å²) in [6, 6.07) is 0. The third kappa shape index (κ3) is 1.89. The van der Waals surface area contributed by atoms with Gasteiger partial charge in [0.25, 0.3) is 5.91 Å². The molecule has 0 aromatic heterocycles. The summed E-state index contributed by atoms with van der Waals surface area (Å²) in [6.45, 7) is 4.61. The molecule has 2 heteroatoms. The molecule has 0 unspecified atom stereocenters. The van der Waals surface area contributed by atoms with Crippen LogP contribution in [0.25, 0.3) is 0 Å². The number of allylic oxidation sites excluding steroid dienone is 2. The number of likely N-dealkylation sites (N-methyl/N-ethyl adjacent to an activating group) is 1. The zero-order chi connectivity index (χ0) is 9.84. The van der Waals surface area contributed by atoms with Crippen LogP contribution in [0.2, 0.25) is 0 Å². The fraction of sp³-hybridized carbons (Fsp3) is 0.364. The molecular weight excluding hydrogens is 162 g/mol. The van der Waals surface area contributed by atoms with Gasteiger partial charge in [-0.25, -0.2) is 0 Å². The zero-order valence-corrected chi connectivity index (χ0v) is 8.37. The fourth-order valence-corrected chi connectivity index (χ4v) is 1.44. The SMILES string of the molecule is C/C=C\C1=C(/C=C\C)C(=O)N(C)C1. The lowest BCUT2D eigenvalue weighted by molar-refractivity contribution is -0.124. The van der Waals surface area contributed by atoms with Crippen LogP contribution in [0.3, 0.4) is 0 Å². The van der Waals surface area contributed by atoms with Gasteiger partial charge in [0, 0.05) is 19.2 Å². The van der Waals surface area contributed by atoms with Crippen molar-refractivity contribution in [2.75, 3.05) is 13.6 Å². The third-order valence-corrected chi connectivity index (χ3v) is 2.03. The van der Waals surface area contributed by atoms with E-state index in [0.717, 1.165) is 17.7 Å². The molecule has 1 aliphatic heterocycles. The van der Waals surface area contributed by atoms with Gasteiger partial charge >= 0.3 is 0 Å². The molecule has 1 aliphatic rings. The number of carbonyl (C=O) groups excluding carboxylic acids is 1. The van der Waals surface area contributed by atoms with Crippen LogP contribution in [0.5, 0.6) is 0 Å². The first-order valence-electron chi connectivity index (χ1n) is 4.44. The molecule has 0 atom stereocenters. The molecule has 70 valence electrons. The summed E-state index contributed by atoms with van der Waals surface area (Å²) in [7, 11) is 1.82. The third-order valence-electron chi connectivity index (χ3n) is 2.03. The predicted molar refractivity (Wildman–Crippen MR) is 54.3 cm³/mol. The number of amides is 1. The van der Waals surface area contributed by atoms with Gasteiger partial charge in [0.1, 0.15) is 0 Å². The second-order valence-electron chi connectivity index (χ2n) is 3.10. The Hall–Kier alpha value is -1.31. The molecule has 0 aliphatic carbocycles. The Morgan fingerprint density at radius 2 is 1.85 bits per heavy atom. The Bertz CT molecular complexity index is 297. The maximum Gasteiger partial charge on any atom is 0.254 e. The normalized spacial score (nSPS) is 18.7. The van der Waals surface area contributed by atoms with Crippen molar-refractivity contribution >= 4 is 5.91 Å². The van der Waals surface area contributed by atoms with Gasteiger partial charge in [-0.1, -0.05) is 24.3 Å². The van der Waals surface area contributed by atoms with Crippen molar-refractivity contribution < 1.29 is 4.79 Å². The Kier molecular flexibility index (Phi) is 3.07. The van der Waals surface area contributed by atoms with Crippen LogP contribution in [-0.4, -0.2) is 24.4 Å². The van der Waals surface area contributed by atoms with Crippen molar-refractivity contribution in [3.8, 4) is 0 Å². The molecule has 1 heterocycles. The highest BCUT2D eigenvalue weighted by Crippen LogP contribution is 2.19. The van der Waals surface area contributed by atoms with Crippen LogP contribution in [-0.2, 0) is 4.79 Å². The summed E-state index contributed by atoms with van der Waals surface area (Å²) in [5, 5.41) is 0. The van der Waals surface area contributed by atoms with Crippen molar-refractivity contribution in [2.24, 2.45) is 0 Å². The zero-order valence-electron chi connectivity index (χ0n) is 8.37. The van der Waals surface area contributed by atoms with Gasteiger partial charge in [-0.2, -0.15) is 0 Å². The lowest BCUT2D eigenvalue weighted by Gasteiger charge is -2.06. The summed E-state index contributed by atoms with van der Waals surface area (Å²) in [5.74, 6) is 0.117. The topological polar surface area (TPSA) is 20.3 Å². The molecule has 0 aromatic rings. The Labute approximate surface area is 79.2 Å². The number of hydrogen-bond donors (Lipinski definition) is 0. The lowest BCUT2D eigenvalue weighted by Crippen LogP contribution is -2.21. The van der Waals surface area contributed by atoms with E-state index in [1.165, 1.54) is 0 Å². The van der Waals surface area contributed by atoms with Crippen LogP contribution < -0.4 is 0 Å². The smallest absolute Gasteiger partial charge is 0.254 e. The molecule has 2 nitrogen and oxygen atoms in total. The largest absolute Gasteiger partial charge is 0.337 e. The van der Waals surface area contributed by atoms with Crippen molar-refractivity contribution in [3.05, 3.63) is 35.5 Å². The van der Waals surface area contributed by atoms with Gasteiger partial charge in [-0.3, -0.25) is 4.79 Å². The number of hydrogen-bond acceptors (Lipinski definition) is 1. The van der Waals surface area contributed by atoms with Gasteiger partial charge in [-0.05, 0) is 19.4 Å². The molecule has 0 aromatic carbocycles. The Balaban J connectivity index is 3.03. The standard InChI is InChI=1S/C11H15NO/c1-4-6-9-8-12(3)11(13)10(9)7-5-2/h4-7H,8H2,1-3H3/b6-4-,7-5-. The van der Waals surface area contributed by atoms with E-state index in [-0.39, 0.29) is 5.91 Å². The van der Waals surface area contributed by atoms with Gasteiger partial charge in [0.05, 0.1) is 0 Å². The van der Waals surface area contributed by atoms with E-state index in [2.05, 4.69) is 0 Å². The molecule has 13 heavy (non-hydrogen) atoms. The van der Waals surface area contributed by atoms with Crippen molar-refractivity contribution in [1.29, 1.82) is 0 Å². The van der Waals surface area contributed by atoms with Gasteiger partial charge in [0.2, 0.25) is 0 Å². The van der Waals surface area contributed by atoms with E-state index < -0.39 is 0 Å². The molecule has 0 N–H and O–H groups in total. The van der Waals surface area contributed by atoms with E-state index >= 15 is 0 Å². The van der Waals surface area contributed by atoms with Crippen molar-refractivity contribution in [2.45, 2.75) is 13.8 Å². The van der Waals surface area contributed by atoms with Gasteiger partial charge in [0.15, 0.2) is 0 Å². The summed E-state index contributed by atoms with van der Waals surface area (Å²) < 4.78 is 0. The highest BCUT2D eigenvalue weighted by Gasteiger charge is 2.23. The highest BCUT2D eigenvalue weighted by atomic mass is 16.2. The first kappa shape index (κ1) is 9.78. The maximum absolute atomic E-state index is 11.6. The quantitative estimate of drug-likeness (QED) is 0.631. The number of nitrogens with zero attached hydrogens (tertiary/aromatic N) is 1. The van der Waals surface area contributed by atoms with Crippen LogP contribution in [0.4, 0.5) is 0 Å². The minimum absolute atomic E-state index is 0.117. The Morgan fingerprint density at radius 3 is 2.38 bits per heavy atom. The predicted octanol–water partition coefficient (Wildman–Crippen LogP) is 1.91. The Morgan fingerprint density at radius 1 is 1.23 bits per heavy atom. The average Bonchev–Trinajstić information content (AvgIpc) is 2.34. The van der Waals surface area contributed by atoms with Crippen LogP contribution in [0, 0.1) is 0 Å². The van der Waals surface area contributed by atoms with E-state index in [0.29, 0.717) is 0 Å². The summed E-state index contributed by atoms with van der Waals surface area (Å²) >= 11 is 0. The summed E-state index contributed by atoms with van der Waals surface area (Å²) in [4.78, 5) is 13.3. The summed E-state index contributed by atoms with van der Waals surface area (Å²) in [6.07, 6.45) is 7.74. The minimum Gasteiger partial charge on any atom is -0.337 e. The van der Waals surface area contributed by atoms with Crippen LogP contribution >= 0.6 is 0 Å². The first-order valence-corrected chi connectivity index (χ1v) is 4.44. The summed E-state index contributed by atoms with van der Waals surface area (Å²) in [5.41, 5.74) is 1.93. The molecule has 0 saturated heterocycles. The monoisotopic (exact) mass is 177 g/mol. The molecule has 0 radical (unpaired) electrons. The fourth-order valence-electron chi connectivity index (χ4n) is 1.44. The van der Waals surface area contributed by atoms with Crippen LogP contribution in [0.1, 0.15) is 13.8 Å². The van der Waals surface area contributed by atoms with E-state index in [9.17, 15) is 4.79 Å². The lowest BCUT2D eigenvalue weighted by atomic mass is 10.1. The average molecular weight is 177 g/mol. The van der Waals surface area contributed by atoms with Gasteiger partial charge in [-0.15, -0.1) is 0 Å². The van der Waals surface area contributed by atoms with E-state index in [4.69, 9.17) is 0 Å². The number of carbonyl (C=O) groups is 1. The minimum atomic E-state index is 0.117. The molecular formula is C11H15NO.